The first-order chi connectivity index (χ1) is 9.04. The van der Waals surface area contributed by atoms with E-state index in [-0.39, 0.29) is 0 Å². The summed E-state index contributed by atoms with van der Waals surface area (Å²) in [7, 11) is 1.68. The van der Waals surface area contributed by atoms with Gasteiger partial charge in [-0.2, -0.15) is 0 Å². The molecule has 1 aromatic carbocycles. The van der Waals surface area contributed by atoms with Gasteiger partial charge in [0.15, 0.2) is 0 Å². The number of pyridine rings is 1. The third-order valence-corrected chi connectivity index (χ3v) is 4.15. The number of rotatable bonds is 3. The van der Waals surface area contributed by atoms with Crippen molar-refractivity contribution < 1.29 is 4.74 Å². The Kier molecular flexibility index (Phi) is 4.47. The summed E-state index contributed by atoms with van der Waals surface area (Å²) in [5.74, 6) is 0.870. The summed E-state index contributed by atoms with van der Waals surface area (Å²) in [6.07, 6.45) is 3.52. The van der Waals surface area contributed by atoms with Gasteiger partial charge in [0.1, 0.15) is 5.75 Å². The number of hydrogen-bond acceptors (Lipinski definition) is 3. The van der Waals surface area contributed by atoms with Crippen LogP contribution in [-0.2, 0) is 0 Å². The standard InChI is InChI=1S/C14H14Br2N2O/c1-8-4-5-12(19-3)9(2)13(8)18-14-10(15)6-17-7-11(14)16/h4-7H,1-3H3,(H,17,18). The van der Waals surface area contributed by atoms with Crippen LogP contribution < -0.4 is 10.1 Å². The van der Waals surface area contributed by atoms with Crippen LogP contribution in [0.25, 0.3) is 0 Å². The van der Waals surface area contributed by atoms with Gasteiger partial charge in [-0.05, 0) is 57.3 Å². The third-order valence-electron chi connectivity index (χ3n) is 2.95. The van der Waals surface area contributed by atoms with Crippen LogP contribution in [-0.4, -0.2) is 12.1 Å². The van der Waals surface area contributed by atoms with Crippen molar-refractivity contribution in [2.75, 3.05) is 12.4 Å². The van der Waals surface area contributed by atoms with Crippen LogP contribution >= 0.6 is 31.9 Å². The maximum Gasteiger partial charge on any atom is 0.123 e. The summed E-state index contributed by atoms with van der Waals surface area (Å²) in [6, 6.07) is 4.02. The minimum Gasteiger partial charge on any atom is -0.496 e. The van der Waals surface area contributed by atoms with E-state index in [1.807, 2.05) is 19.1 Å². The molecule has 0 aliphatic rings. The average Bonchev–Trinajstić information content (AvgIpc) is 2.37. The molecule has 100 valence electrons. The maximum atomic E-state index is 5.36. The van der Waals surface area contributed by atoms with Crippen molar-refractivity contribution in [3.05, 3.63) is 44.6 Å². The first-order valence-electron chi connectivity index (χ1n) is 5.74. The first kappa shape index (κ1) is 14.3. The lowest BCUT2D eigenvalue weighted by Crippen LogP contribution is -2.00. The Balaban J connectivity index is 2.49. The van der Waals surface area contributed by atoms with E-state index < -0.39 is 0 Å². The van der Waals surface area contributed by atoms with Gasteiger partial charge < -0.3 is 10.1 Å². The summed E-state index contributed by atoms with van der Waals surface area (Å²) in [4.78, 5) is 4.11. The lowest BCUT2D eigenvalue weighted by molar-refractivity contribution is 0.412. The van der Waals surface area contributed by atoms with E-state index in [4.69, 9.17) is 4.74 Å². The van der Waals surface area contributed by atoms with Gasteiger partial charge in [0.2, 0.25) is 0 Å². The summed E-state index contributed by atoms with van der Waals surface area (Å²) in [5, 5.41) is 3.44. The summed E-state index contributed by atoms with van der Waals surface area (Å²) in [5.41, 5.74) is 4.24. The van der Waals surface area contributed by atoms with Gasteiger partial charge in [-0.3, -0.25) is 4.98 Å². The highest BCUT2D eigenvalue weighted by Gasteiger charge is 2.11. The fourth-order valence-electron chi connectivity index (χ4n) is 1.90. The molecule has 0 atom stereocenters. The molecule has 0 fully saturated rings. The Labute approximate surface area is 129 Å². The zero-order valence-electron chi connectivity index (χ0n) is 10.9. The average molecular weight is 386 g/mol. The summed E-state index contributed by atoms with van der Waals surface area (Å²) < 4.78 is 7.18. The Hall–Kier alpha value is -1.07. The molecule has 1 N–H and O–H groups in total. The van der Waals surface area contributed by atoms with Crippen LogP contribution in [0.15, 0.2) is 33.5 Å². The molecule has 0 bridgehead atoms. The molecule has 0 aliphatic carbocycles. The topological polar surface area (TPSA) is 34.1 Å². The molecule has 0 radical (unpaired) electrons. The number of halogens is 2. The smallest absolute Gasteiger partial charge is 0.123 e. The minimum absolute atomic E-state index is 0.870. The lowest BCUT2D eigenvalue weighted by atomic mass is 10.1. The molecule has 3 nitrogen and oxygen atoms in total. The highest BCUT2D eigenvalue weighted by atomic mass is 79.9. The normalized spacial score (nSPS) is 10.4. The number of nitrogens with zero attached hydrogens (tertiary/aromatic N) is 1. The fourth-order valence-corrected chi connectivity index (χ4v) is 3.03. The molecule has 2 aromatic rings. The predicted molar refractivity (Wildman–Crippen MR) is 85.4 cm³/mol. The molecule has 2 rings (SSSR count). The van der Waals surface area contributed by atoms with Crippen molar-refractivity contribution in [1.29, 1.82) is 0 Å². The number of ether oxygens (including phenoxy) is 1. The summed E-state index contributed by atoms with van der Waals surface area (Å²) >= 11 is 7.01. The number of aromatic nitrogens is 1. The molecule has 0 saturated heterocycles. The lowest BCUT2D eigenvalue weighted by Gasteiger charge is -2.17. The number of anilines is 2. The molecule has 0 amide bonds. The van der Waals surface area contributed by atoms with Crippen LogP contribution in [0.4, 0.5) is 11.4 Å². The minimum atomic E-state index is 0.870. The Morgan fingerprint density at radius 1 is 1.05 bits per heavy atom. The van der Waals surface area contributed by atoms with Gasteiger partial charge >= 0.3 is 0 Å². The molecular weight excluding hydrogens is 372 g/mol. The number of nitrogens with one attached hydrogen (secondary N) is 1. The quantitative estimate of drug-likeness (QED) is 0.809. The van der Waals surface area contributed by atoms with E-state index >= 15 is 0 Å². The predicted octanol–water partition coefficient (Wildman–Crippen LogP) is 4.98. The van der Waals surface area contributed by atoms with Gasteiger partial charge in [0.05, 0.1) is 21.7 Å². The molecule has 0 spiro atoms. The van der Waals surface area contributed by atoms with E-state index in [1.54, 1.807) is 19.5 Å². The van der Waals surface area contributed by atoms with Gasteiger partial charge in [0, 0.05) is 23.6 Å². The second kappa shape index (κ2) is 5.92. The molecular formula is C14H14Br2N2O. The number of hydrogen-bond donors (Lipinski definition) is 1. The SMILES string of the molecule is COc1ccc(C)c(Nc2c(Br)cncc2Br)c1C. The van der Waals surface area contributed by atoms with Crippen molar-refractivity contribution in [2.45, 2.75) is 13.8 Å². The Morgan fingerprint density at radius 3 is 2.26 bits per heavy atom. The summed E-state index contributed by atoms with van der Waals surface area (Å²) in [6.45, 7) is 4.11. The van der Waals surface area contributed by atoms with Crippen molar-refractivity contribution >= 4 is 43.2 Å². The van der Waals surface area contributed by atoms with Crippen molar-refractivity contribution in [3.8, 4) is 5.75 Å². The van der Waals surface area contributed by atoms with Gasteiger partial charge in [0.25, 0.3) is 0 Å². The van der Waals surface area contributed by atoms with Crippen LogP contribution in [0.3, 0.4) is 0 Å². The van der Waals surface area contributed by atoms with Crippen LogP contribution in [0, 0.1) is 13.8 Å². The molecule has 0 aliphatic heterocycles. The number of aryl methyl sites for hydroxylation is 1. The van der Waals surface area contributed by atoms with Crippen LogP contribution in [0.1, 0.15) is 11.1 Å². The highest BCUT2D eigenvalue weighted by Crippen LogP contribution is 2.36. The van der Waals surface area contributed by atoms with E-state index in [0.717, 1.165) is 37.2 Å². The molecule has 19 heavy (non-hydrogen) atoms. The van der Waals surface area contributed by atoms with Crippen molar-refractivity contribution in [2.24, 2.45) is 0 Å². The maximum absolute atomic E-state index is 5.36. The van der Waals surface area contributed by atoms with Crippen LogP contribution in [0.2, 0.25) is 0 Å². The zero-order chi connectivity index (χ0) is 14.0. The molecule has 0 unspecified atom stereocenters. The first-order valence-corrected chi connectivity index (χ1v) is 7.33. The zero-order valence-corrected chi connectivity index (χ0v) is 14.1. The second-order valence-electron chi connectivity index (χ2n) is 4.19. The van der Waals surface area contributed by atoms with Gasteiger partial charge in [-0.15, -0.1) is 0 Å². The third kappa shape index (κ3) is 2.92. The number of benzene rings is 1. The molecule has 0 saturated carbocycles. The van der Waals surface area contributed by atoms with Gasteiger partial charge in [-0.25, -0.2) is 0 Å². The highest BCUT2D eigenvalue weighted by molar-refractivity contribution is 9.11. The second-order valence-corrected chi connectivity index (χ2v) is 5.90. The van der Waals surface area contributed by atoms with E-state index in [9.17, 15) is 0 Å². The van der Waals surface area contributed by atoms with Crippen LogP contribution in [0.5, 0.6) is 5.75 Å². The van der Waals surface area contributed by atoms with Gasteiger partial charge in [-0.1, -0.05) is 6.07 Å². The van der Waals surface area contributed by atoms with Crippen molar-refractivity contribution in [1.82, 2.24) is 4.98 Å². The monoisotopic (exact) mass is 384 g/mol. The molecule has 1 heterocycles. The van der Waals surface area contributed by atoms with E-state index in [1.165, 1.54) is 0 Å². The molecule has 5 heteroatoms. The van der Waals surface area contributed by atoms with E-state index in [0.29, 0.717) is 0 Å². The Bertz CT molecular complexity index is 594. The number of methoxy groups -OCH3 is 1. The largest absolute Gasteiger partial charge is 0.496 e. The fraction of sp³-hybridized carbons (Fsp3) is 0.214. The Morgan fingerprint density at radius 2 is 1.68 bits per heavy atom. The molecule has 1 aromatic heterocycles. The van der Waals surface area contributed by atoms with E-state index in [2.05, 4.69) is 49.1 Å². The van der Waals surface area contributed by atoms with Crippen molar-refractivity contribution in [3.63, 3.8) is 0 Å².